The largest absolute Gasteiger partial charge is 0.345 e. The second kappa shape index (κ2) is 4.72. The molecule has 0 spiro atoms. The van der Waals surface area contributed by atoms with E-state index in [-0.39, 0.29) is 11.9 Å². The third-order valence-corrected chi connectivity index (χ3v) is 3.85. The van der Waals surface area contributed by atoms with Crippen LogP contribution in [-0.4, -0.2) is 16.3 Å². The maximum absolute atomic E-state index is 11.6. The molecule has 1 aromatic heterocycles. The van der Waals surface area contributed by atoms with Crippen LogP contribution in [0.25, 0.3) is 0 Å². The lowest BCUT2D eigenvalue weighted by Crippen LogP contribution is -2.34. The van der Waals surface area contributed by atoms with Gasteiger partial charge in [-0.15, -0.1) is 22.9 Å². The number of aryl methyl sites for hydroxylation is 1. The number of nitrogens with one attached hydrogen (secondary N) is 1. The maximum atomic E-state index is 11.6. The monoisotopic (exact) mass is 258 g/mol. The topological polar surface area (TPSA) is 42.0 Å². The van der Waals surface area contributed by atoms with Crippen LogP contribution in [0.4, 0.5) is 0 Å². The van der Waals surface area contributed by atoms with Gasteiger partial charge in [0.25, 0.3) is 0 Å². The van der Waals surface area contributed by atoms with Gasteiger partial charge in [-0.25, -0.2) is 4.98 Å². The highest BCUT2D eigenvalue weighted by Gasteiger charge is 2.35. The molecule has 0 aliphatic heterocycles. The molecule has 2 rings (SSSR count). The van der Waals surface area contributed by atoms with E-state index in [2.05, 4.69) is 10.3 Å². The Hall–Kier alpha value is -0.610. The van der Waals surface area contributed by atoms with Crippen LogP contribution in [-0.2, 0) is 4.79 Å². The zero-order valence-corrected chi connectivity index (χ0v) is 10.9. The molecular formula is C11H15ClN2OS. The predicted molar refractivity (Wildman–Crippen MR) is 65.8 cm³/mol. The van der Waals surface area contributed by atoms with Crippen LogP contribution in [0.2, 0.25) is 0 Å². The lowest BCUT2D eigenvalue weighted by atomic mass is 10.2. The molecule has 1 aliphatic carbocycles. The summed E-state index contributed by atoms with van der Waals surface area (Å²) in [5.41, 5.74) is 0. The fourth-order valence-electron chi connectivity index (χ4n) is 1.59. The number of hydrogen-bond acceptors (Lipinski definition) is 3. The van der Waals surface area contributed by atoms with E-state index in [1.165, 1.54) is 17.7 Å². The number of amides is 1. The minimum Gasteiger partial charge on any atom is -0.345 e. The Bertz CT molecular complexity index is 387. The number of rotatable bonds is 4. The molecule has 3 nitrogen and oxygen atoms in total. The third kappa shape index (κ3) is 2.74. The van der Waals surface area contributed by atoms with Crippen LogP contribution in [0.1, 0.15) is 35.7 Å². The van der Waals surface area contributed by atoms with Gasteiger partial charge in [-0.3, -0.25) is 4.79 Å². The normalized spacial score (nSPS) is 19.2. The summed E-state index contributed by atoms with van der Waals surface area (Å²) >= 11 is 7.41. The summed E-state index contributed by atoms with van der Waals surface area (Å²) in [6.45, 7) is 3.71. The molecule has 1 saturated carbocycles. The van der Waals surface area contributed by atoms with Gasteiger partial charge in [0.2, 0.25) is 5.91 Å². The second-order valence-corrected chi connectivity index (χ2v) is 6.17. The molecule has 2 unspecified atom stereocenters. The maximum Gasteiger partial charge on any atom is 0.238 e. The summed E-state index contributed by atoms with van der Waals surface area (Å²) in [7, 11) is 0. The Morgan fingerprint density at radius 2 is 2.38 bits per heavy atom. The van der Waals surface area contributed by atoms with Crippen LogP contribution in [0.3, 0.4) is 0 Å². The van der Waals surface area contributed by atoms with Crippen LogP contribution in [0.5, 0.6) is 0 Å². The zero-order valence-electron chi connectivity index (χ0n) is 9.37. The standard InChI is InChI=1S/C11H15ClN2OS/c1-6-5-13-11(16-6)9(8-3-4-8)14-10(15)7(2)12/h5,7-9H,3-4H2,1-2H3,(H,14,15). The van der Waals surface area contributed by atoms with E-state index in [0.29, 0.717) is 5.92 Å². The molecule has 2 atom stereocenters. The number of thiazole rings is 1. The number of halogens is 1. The molecule has 5 heteroatoms. The van der Waals surface area contributed by atoms with Crippen LogP contribution < -0.4 is 5.32 Å². The molecule has 0 bridgehead atoms. The van der Waals surface area contributed by atoms with Crippen molar-refractivity contribution in [1.82, 2.24) is 10.3 Å². The van der Waals surface area contributed by atoms with E-state index >= 15 is 0 Å². The van der Waals surface area contributed by atoms with Gasteiger partial charge in [0.1, 0.15) is 10.4 Å². The van der Waals surface area contributed by atoms with E-state index in [4.69, 9.17) is 11.6 Å². The summed E-state index contributed by atoms with van der Waals surface area (Å²) in [6.07, 6.45) is 4.19. The van der Waals surface area contributed by atoms with E-state index < -0.39 is 5.38 Å². The molecular weight excluding hydrogens is 244 g/mol. The zero-order chi connectivity index (χ0) is 11.7. The van der Waals surface area contributed by atoms with Crippen LogP contribution in [0, 0.1) is 12.8 Å². The average Bonchev–Trinajstić information content (AvgIpc) is 2.97. The average molecular weight is 259 g/mol. The number of aromatic nitrogens is 1. The van der Waals surface area contributed by atoms with Gasteiger partial charge in [0, 0.05) is 11.1 Å². The number of nitrogens with zero attached hydrogens (tertiary/aromatic N) is 1. The SMILES string of the molecule is Cc1cnc(C(NC(=O)C(C)Cl)C2CC2)s1. The van der Waals surface area contributed by atoms with E-state index in [1.807, 2.05) is 13.1 Å². The summed E-state index contributed by atoms with van der Waals surface area (Å²) in [5, 5.41) is 3.51. The van der Waals surface area contributed by atoms with Crippen molar-refractivity contribution in [3.63, 3.8) is 0 Å². The number of alkyl halides is 1. The van der Waals surface area contributed by atoms with E-state index in [0.717, 1.165) is 5.01 Å². The summed E-state index contributed by atoms with van der Waals surface area (Å²) in [6, 6.07) is 0.0624. The highest BCUT2D eigenvalue weighted by Crippen LogP contribution is 2.42. The first kappa shape index (κ1) is 11.9. The van der Waals surface area contributed by atoms with Gasteiger partial charge < -0.3 is 5.32 Å². The molecule has 1 heterocycles. The van der Waals surface area contributed by atoms with Gasteiger partial charge >= 0.3 is 0 Å². The Balaban J connectivity index is 2.09. The van der Waals surface area contributed by atoms with Crippen molar-refractivity contribution in [2.24, 2.45) is 5.92 Å². The first-order valence-corrected chi connectivity index (χ1v) is 6.70. The molecule has 0 aromatic carbocycles. The summed E-state index contributed by atoms with van der Waals surface area (Å²) in [4.78, 5) is 17.1. The Morgan fingerprint density at radius 1 is 1.69 bits per heavy atom. The van der Waals surface area contributed by atoms with Crippen LogP contribution in [0.15, 0.2) is 6.20 Å². The molecule has 1 fully saturated rings. The minimum atomic E-state index is -0.484. The first-order valence-electron chi connectivity index (χ1n) is 5.44. The van der Waals surface area contributed by atoms with Gasteiger partial charge in [0.05, 0.1) is 6.04 Å². The van der Waals surface area contributed by atoms with Gasteiger partial charge in [0.15, 0.2) is 0 Å². The summed E-state index contributed by atoms with van der Waals surface area (Å²) in [5.74, 6) is 0.441. The van der Waals surface area contributed by atoms with Crippen molar-refractivity contribution in [3.05, 3.63) is 16.1 Å². The molecule has 1 aliphatic rings. The lowest BCUT2D eigenvalue weighted by Gasteiger charge is -2.16. The molecule has 0 saturated heterocycles. The Kier molecular flexibility index (Phi) is 3.50. The fourth-order valence-corrected chi connectivity index (χ4v) is 2.58. The first-order chi connectivity index (χ1) is 7.58. The highest BCUT2D eigenvalue weighted by atomic mass is 35.5. The Labute approximate surface area is 104 Å². The van der Waals surface area contributed by atoms with Crippen molar-refractivity contribution in [2.75, 3.05) is 0 Å². The van der Waals surface area contributed by atoms with Crippen LogP contribution >= 0.6 is 22.9 Å². The lowest BCUT2D eigenvalue weighted by molar-refractivity contribution is -0.121. The van der Waals surface area contributed by atoms with E-state index in [9.17, 15) is 4.79 Å². The van der Waals surface area contributed by atoms with Crippen molar-refractivity contribution in [2.45, 2.75) is 38.1 Å². The molecule has 88 valence electrons. The minimum absolute atomic E-state index is 0.0624. The van der Waals surface area contributed by atoms with Crippen molar-refractivity contribution in [1.29, 1.82) is 0 Å². The molecule has 1 aromatic rings. The fraction of sp³-hybridized carbons (Fsp3) is 0.636. The predicted octanol–water partition coefficient (Wildman–Crippen LogP) is 2.65. The smallest absolute Gasteiger partial charge is 0.238 e. The van der Waals surface area contributed by atoms with Crippen molar-refractivity contribution >= 4 is 28.8 Å². The molecule has 16 heavy (non-hydrogen) atoms. The molecule has 0 radical (unpaired) electrons. The summed E-state index contributed by atoms with van der Waals surface area (Å²) < 4.78 is 0. The van der Waals surface area contributed by atoms with E-state index in [1.54, 1.807) is 18.3 Å². The van der Waals surface area contributed by atoms with Gasteiger partial charge in [-0.1, -0.05) is 0 Å². The molecule has 1 N–H and O–H groups in total. The third-order valence-electron chi connectivity index (χ3n) is 2.66. The highest BCUT2D eigenvalue weighted by molar-refractivity contribution is 7.11. The Morgan fingerprint density at radius 3 is 2.81 bits per heavy atom. The number of carbonyl (C=O) groups excluding carboxylic acids is 1. The molecule has 1 amide bonds. The quantitative estimate of drug-likeness (QED) is 0.844. The van der Waals surface area contributed by atoms with Crippen molar-refractivity contribution < 1.29 is 4.79 Å². The van der Waals surface area contributed by atoms with Crippen molar-refractivity contribution in [3.8, 4) is 0 Å². The van der Waals surface area contributed by atoms with Gasteiger partial charge in [-0.2, -0.15) is 0 Å². The second-order valence-electron chi connectivity index (χ2n) is 4.25. The number of carbonyl (C=O) groups is 1. The van der Waals surface area contributed by atoms with Gasteiger partial charge in [-0.05, 0) is 32.6 Å². The number of hydrogen-bond donors (Lipinski definition) is 1.